The lowest BCUT2D eigenvalue weighted by Gasteiger charge is -2.21. The summed E-state index contributed by atoms with van der Waals surface area (Å²) in [5.74, 6) is 0. The van der Waals surface area contributed by atoms with Crippen molar-refractivity contribution in [3.63, 3.8) is 0 Å². The molecule has 104 valence electrons. The number of carbonyl (C=O) groups excluding carboxylic acids is 1. The number of rotatable bonds is 1. The normalized spacial score (nSPS) is 18.0. The molecule has 0 aromatic heterocycles. The molecule has 0 aliphatic heterocycles. The van der Waals surface area contributed by atoms with Crippen molar-refractivity contribution in [1.82, 2.24) is 5.32 Å². The molecule has 1 amide bonds. The van der Waals surface area contributed by atoms with Crippen LogP contribution in [0.4, 0.5) is 10.5 Å². The second-order valence-corrected chi connectivity index (χ2v) is 6.17. The van der Waals surface area contributed by atoms with Crippen molar-refractivity contribution < 1.29 is 9.53 Å². The zero-order valence-corrected chi connectivity index (χ0v) is 12.0. The average Bonchev–Trinajstić information content (AvgIpc) is 2.64. The maximum atomic E-state index is 11.8. The number of amides is 1. The van der Waals surface area contributed by atoms with Crippen LogP contribution >= 0.6 is 0 Å². The molecule has 1 aromatic carbocycles. The zero-order valence-electron chi connectivity index (χ0n) is 12.0. The van der Waals surface area contributed by atoms with E-state index in [-0.39, 0.29) is 12.1 Å². The molecular weight excluding hydrogens is 240 g/mol. The number of fused-ring (bicyclic) bond motifs is 1. The summed E-state index contributed by atoms with van der Waals surface area (Å²) in [6.45, 7) is 7.62. The number of alkyl carbamates (subject to hydrolysis) is 1. The number of hydrogen-bond donors (Lipinski definition) is 2. The molecular formula is C15H22N2O2. The standard InChI is InChI=1S/C15H22N2O2/c1-9-12-8-11(7-10(12)5-6-13(9)16)17-14(18)19-15(2,3)4/h5-6,11H,7-8,16H2,1-4H3,(H,17,18). The third kappa shape index (κ3) is 3.19. The second kappa shape index (κ2) is 4.76. The quantitative estimate of drug-likeness (QED) is 0.764. The van der Waals surface area contributed by atoms with Gasteiger partial charge in [-0.2, -0.15) is 0 Å². The van der Waals surface area contributed by atoms with Crippen molar-refractivity contribution >= 4 is 11.8 Å². The molecule has 1 aliphatic carbocycles. The van der Waals surface area contributed by atoms with Crippen molar-refractivity contribution in [2.24, 2.45) is 0 Å². The molecule has 1 aromatic rings. The predicted octanol–water partition coefficient (Wildman–Crippen LogP) is 2.57. The molecule has 1 atom stereocenters. The first kappa shape index (κ1) is 13.7. The van der Waals surface area contributed by atoms with Crippen LogP contribution in [0.3, 0.4) is 0 Å². The number of benzene rings is 1. The Bertz CT molecular complexity index is 504. The summed E-state index contributed by atoms with van der Waals surface area (Å²) in [6.07, 6.45) is 1.32. The van der Waals surface area contributed by atoms with Gasteiger partial charge in [-0.1, -0.05) is 6.07 Å². The van der Waals surface area contributed by atoms with Gasteiger partial charge < -0.3 is 15.8 Å². The first-order valence-corrected chi connectivity index (χ1v) is 6.62. The SMILES string of the molecule is Cc1c(N)ccc2c1CC(NC(=O)OC(C)(C)C)C2. The Morgan fingerprint density at radius 2 is 2.05 bits per heavy atom. The van der Waals surface area contributed by atoms with Gasteiger partial charge in [0.25, 0.3) is 0 Å². The van der Waals surface area contributed by atoms with E-state index in [1.165, 1.54) is 11.1 Å². The summed E-state index contributed by atoms with van der Waals surface area (Å²) in [5, 5.41) is 2.93. The zero-order chi connectivity index (χ0) is 14.2. The molecule has 3 N–H and O–H groups in total. The minimum Gasteiger partial charge on any atom is -0.444 e. The molecule has 19 heavy (non-hydrogen) atoms. The van der Waals surface area contributed by atoms with Crippen LogP contribution in [0.15, 0.2) is 12.1 Å². The van der Waals surface area contributed by atoms with E-state index in [1.807, 2.05) is 33.8 Å². The summed E-state index contributed by atoms with van der Waals surface area (Å²) in [5.41, 5.74) is 9.93. The lowest BCUT2D eigenvalue weighted by Crippen LogP contribution is -2.39. The van der Waals surface area contributed by atoms with E-state index in [0.717, 1.165) is 24.1 Å². The van der Waals surface area contributed by atoms with Gasteiger partial charge >= 0.3 is 6.09 Å². The van der Waals surface area contributed by atoms with Gasteiger partial charge in [0.1, 0.15) is 5.60 Å². The summed E-state index contributed by atoms with van der Waals surface area (Å²) < 4.78 is 5.28. The second-order valence-electron chi connectivity index (χ2n) is 6.17. The van der Waals surface area contributed by atoms with Crippen molar-refractivity contribution in [1.29, 1.82) is 0 Å². The Labute approximate surface area is 114 Å². The first-order chi connectivity index (χ1) is 8.76. The smallest absolute Gasteiger partial charge is 0.407 e. The Balaban J connectivity index is 2.01. The molecule has 0 spiro atoms. The maximum Gasteiger partial charge on any atom is 0.407 e. The molecule has 0 bridgehead atoms. The van der Waals surface area contributed by atoms with Crippen LogP contribution in [0, 0.1) is 6.92 Å². The fraction of sp³-hybridized carbons (Fsp3) is 0.533. The van der Waals surface area contributed by atoms with Crippen LogP contribution in [-0.4, -0.2) is 17.7 Å². The number of nitrogens with one attached hydrogen (secondary N) is 1. The molecule has 4 heteroatoms. The number of nitrogen functional groups attached to an aromatic ring is 1. The Morgan fingerprint density at radius 3 is 2.68 bits per heavy atom. The van der Waals surface area contributed by atoms with Gasteiger partial charge in [0, 0.05) is 11.7 Å². The van der Waals surface area contributed by atoms with Crippen LogP contribution < -0.4 is 11.1 Å². The van der Waals surface area contributed by atoms with Gasteiger partial charge in [-0.3, -0.25) is 0 Å². The highest BCUT2D eigenvalue weighted by atomic mass is 16.6. The molecule has 2 rings (SSSR count). The van der Waals surface area contributed by atoms with Crippen LogP contribution in [0.2, 0.25) is 0 Å². The van der Waals surface area contributed by atoms with Crippen LogP contribution in [0.25, 0.3) is 0 Å². The Morgan fingerprint density at radius 1 is 1.37 bits per heavy atom. The first-order valence-electron chi connectivity index (χ1n) is 6.62. The number of ether oxygens (including phenoxy) is 1. The molecule has 0 fully saturated rings. The van der Waals surface area contributed by atoms with Crippen molar-refractivity contribution in [2.75, 3.05) is 5.73 Å². The minimum atomic E-state index is -0.462. The topological polar surface area (TPSA) is 64.3 Å². The minimum absolute atomic E-state index is 0.102. The summed E-state index contributed by atoms with van der Waals surface area (Å²) in [7, 11) is 0. The molecule has 0 saturated carbocycles. The van der Waals surface area contributed by atoms with E-state index in [4.69, 9.17) is 10.5 Å². The van der Waals surface area contributed by atoms with Gasteiger partial charge in [0.2, 0.25) is 0 Å². The monoisotopic (exact) mass is 262 g/mol. The average molecular weight is 262 g/mol. The predicted molar refractivity (Wildman–Crippen MR) is 76.2 cm³/mol. The van der Waals surface area contributed by atoms with E-state index in [0.29, 0.717) is 0 Å². The van der Waals surface area contributed by atoms with Gasteiger partial charge in [0.05, 0.1) is 0 Å². The Kier molecular flexibility index (Phi) is 3.43. The molecule has 1 aliphatic rings. The number of hydrogen-bond acceptors (Lipinski definition) is 3. The third-order valence-electron chi connectivity index (χ3n) is 3.38. The largest absolute Gasteiger partial charge is 0.444 e. The van der Waals surface area contributed by atoms with Crippen LogP contribution in [0.5, 0.6) is 0 Å². The van der Waals surface area contributed by atoms with Crippen molar-refractivity contribution in [3.8, 4) is 0 Å². The Hall–Kier alpha value is -1.71. The van der Waals surface area contributed by atoms with Gasteiger partial charge in [-0.25, -0.2) is 4.79 Å². The van der Waals surface area contributed by atoms with E-state index in [1.54, 1.807) is 0 Å². The fourth-order valence-corrected chi connectivity index (χ4v) is 2.47. The van der Waals surface area contributed by atoms with E-state index in [9.17, 15) is 4.79 Å². The van der Waals surface area contributed by atoms with E-state index in [2.05, 4.69) is 11.4 Å². The van der Waals surface area contributed by atoms with Crippen LogP contribution in [0.1, 0.15) is 37.5 Å². The number of anilines is 1. The van der Waals surface area contributed by atoms with Crippen LogP contribution in [-0.2, 0) is 17.6 Å². The van der Waals surface area contributed by atoms with Gasteiger partial charge in [-0.15, -0.1) is 0 Å². The van der Waals surface area contributed by atoms with Gasteiger partial charge in [-0.05, 0) is 63.3 Å². The highest BCUT2D eigenvalue weighted by Crippen LogP contribution is 2.28. The molecule has 0 saturated heterocycles. The lowest BCUT2D eigenvalue weighted by molar-refractivity contribution is 0.0506. The number of carbonyl (C=O) groups is 1. The summed E-state index contributed by atoms with van der Waals surface area (Å²) in [4.78, 5) is 11.8. The molecule has 0 radical (unpaired) electrons. The third-order valence-corrected chi connectivity index (χ3v) is 3.38. The summed E-state index contributed by atoms with van der Waals surface area (Å²) in [6, 6.07) is 4.09. The highest BCUT2D eigenvalue weighted by Gasteiger charge is 2.26. The molecule has 4 nitrogen and oxygen atoms in total. The van der Waals surface area contributed by atoms with Crippen molar-refractivity contribution in [2.45, 2.75) is 52.2 Å². The van der Waals surface area contributed by atoms with E-state index < -0.39 is 5.60 Å². The molecule has 1 unspecified atom stereocenters. The van der Waals surface area contributed by atoms with Crippen molar-refractivity contribution in [3.05, 3.63) is 28.8 Å². The molecule has 0 heterocycles. The van der Waals surface area contributed by atoms with E-state index >= 15 is 0 Å². The maximum absolute atomic E-state index is 11.8. The highest BCUT2D eigenvalue weighted by molar-refractivity contribution is 5.68. The summed E-state index contributed by atoms with van der Waals surface area (Å²) >= 11 is 0. The lowest BCUT2D eigenvalue weighted by atomic mass is 10.0. The number of nitrogens with two attached hydrogens (primary N) is 1. The van der Waals surface area contributed by atoms with Gasteiger partial charge in [0.15, 0.2) is 0 Å². The fourth-order valence-electron chi connectivity index (χ4n) is 2.47.